The lowest BCUT2D eigenvalue weighted by Crippen LogP contribution is -2.09. The molecule has 0 aliphatic carbocycles. The van der Waals surface area contributed by atoms with Gasteiger partial charge in [0.25, 0.3) is 0 Å². The highest BCUT2D eigenvalue weighted by atomic mass is 79.9. The first-order valence-corrected chi connectivity index (χ1v) is 5.34. The summed E-state index contributed by atoms with van der Waals surface area (Å²) in [4.78, 5) is 1.39. The van der Waals surface area contributed by atoms with Crippen LogP contribution >= 0.6 is 27.3 Å². The molecule has 0 aliphatic rings. The molecular weight excluding hydrogens is 222 g/mol. The summed E-state index contributed by atoms with van der Waals surface area (Å²) in [6, 6.07) is 4.23. The summed E-state index contributed by atoms with van der Waals surface area (Å²) in [7, 11) is 0. The largest absolute Gasteiger partial charge is 0.330 e. The fourth-order valence-corrected chi connectivity index (χ4v) is 2.65. The normalized spacial score (nSPS) is 13.4. The Hall–Kier alpha value is 0.140. The number of hydrogen-bond donors (Lipinski definition) is 1. The van der Waals surface area contributed by atoms with E-state index in [9.17, 15) is 0 Å². The molecule has 0 bridgehead atoms. The minimum Gasteiger partial charge on any atom is -0.330 e. The summed E-state index contributed by atoms with van der Waals surface area (Å²) in [5.74, 6) is 0.547. The molecular formula is C8H12BrNS. The van der Waals surface area contributed by atoms with Crippen molar-refractivity contribution >= 4 is 27.3 Å². The van der Waals surface area contributed by atoms with E-state index in [0.29, 0.717) is 5.92 Å². The van der Waals surface area contributed by atoms with Crippen molar-refractivity contribution in [2.24, 2.45) is 5.73 Å². The highest BCUT2D eigenvalue weighted by molar-refractivity contribution is 9.11. The Labute approximate surface area is 79.7 Å². The van der Waals surface area contributed by atoms with E-state index >= 15 is 0 Å². The molecule has 0 spiro atoms. The lowest BCUT2D eigenvalue weighted by molar-refractivity contribution is 0.686. The maximum Gasteiger partial charge on any atom is 0.0701 e. The van der Waals surface area contributed by atoms with Gasteiger partial charge in [0.05, 0.1) is 3.79 Å². The second-order valence-electron chi connectivity index (χ2n) is 2.48. The van der Waals surface area contributed by atoms with Crippen LogP contribution in [0.15, 0.2) is 15.9 Å². The standard InChI is InChI=1S/C8H12BrNS/c1-2-6(5-10)7-3-4-8(9)11-7/h3-4,6H,2,5,10H2,1H3. The van der Waals surface area contributed by atoms with Crippen LogP contribution in [0.25, 0.3) is 0 Å². The molecule has 0 aromatic carbocycles. The van der Waals surface area contributed by atoms with Gasteiger partial charge < -0.3 is 5.73 Å². The fraction of sp³-hybridized carbons (Fsp3) is 0.500. The maximum atomic E-state index is 5.62. The zero-order valence-corrected chi connectivity index (χ0v) is 8.91. The predicted molar refractivity (Wildman–Crippen MR) is 54.1 cm³/mol. The van der Waals surface area contributed by atoms with E-state index < -0.39 is 0 Å². The van der Waals surface area contributed by atoms with Gasteiger partial charge in [0, 0.05) is 10.8 Å². The topological polar surface area (TPSA) is 26.0 Å². The van der Waals surface area contributed by atoms with Gasteiger partial charge in [-0.3, -0.25) is 0 Å². The molecule has 0 aliphatic heterocycles. The molecule has 62 valence electrons. The second-order valence-corrected chi connectivity index (χ2v) is 4.98. The van der Waals surface area contributed by atoms with E-state index in [1.807, 2.05) is 0 Å². The third-order valence-corrected chi connectivity index (χ3v) is 3.56. The van der Waals surface area contributed by atoms with E-state index in [1.165, 1.54) is 8.66 Å². The highest BCUT2D eigenvalue weighted by Crippen LogP contribution is 2.29. The predicted octanol–water partition coefficient (Wildman–Crippen LogP) is 2.96. The number of halogens is 1. The number of hydrogen-bond acceptors (Lipinski definition) is 2. The van der Waals surface area contributed by atoms with Crippen LogP contribution in [-0.4, -0.2) is 6.54 Å². The van der Waals surface area contributed by atoms with Crippen LogP contribution < -0.4 is 5.73 Å². The van der Waals surface area contributed by atoms with Gasteiger partial charge in [-0.05, 0) is 41.0 Å². The van der Waals surface area contributed by atoms with E-state index in [1.54, 1.807) is 11.3 Å². The first-order valence-electron chi connectivity index (χ1n) is 3.73. The minimum atomic E-state index is 0.547. The molecule has 0 saturated carbocycles. The molecule has 1 rings (SSSR count). The molecule has 2 N–H and O–H groups in total. The Morgan fingerprint density at radius 1 is 1.64 bits per heavy atom. The van der Waals surface area contributed by atoms with Crippen molar-refractivity contribution < 1.29 is 0 Å². The molecule has 1 atom stereocenters. The van der Waals surface area contributed by atoms with Gasteiger partial charge in [-0.15, -0.1) is 11.3 Å². The van der Waals surface area contributed by atoms with E-state index in [-0.39, 0.29) is 0 Å². The molecule has 0 saturated heterocycles. The lowest BCUT2D eigenvalue weighted by Gasteiger charge is -2.07. The Bertz CT molecular complexity index is 218. The van der Waals surface area contributed by atoms with Gasteiger partial charge in [-0.2, -0.15) is 0 Å². The molecule has 3 heteroatoms. The molecule has 11 heavy (non-hydrogen) atoms. The van der Waals surface area contributed by atoms with Crippen LogP contribution in [0, 0.1) is 0 Å². The van der Waals surface area contributed by atoms with Crippen molar-refractivity contribution in [3.05, 3.63) is 20.8 Å². The summed E-state index contributed by atoms with van der Waals surface area (Å²) in [6.07, 6.45) is 1.13. The van der Waals surface area contributed by atoms with Crippen LogP contribution in [0.3, 0.4) is 0 Å². The average molecular weight is 234 g/mol. The summed E-state index contributed by atoms with van der Waals surface area (Å²) < 4.78 is 1.19. The van der Waals surface area contributed by atoms with Crippen molar-refractivity contribution in [1.29, 1.82) is 0 Å². The summed E-state index contributed by atoms with van der Waals surface area (Å²) in [5.41, 5.74) is 5.62. The smallest absolute Gasteiger partial charge is 0.0701 e. The van der Waals surface area contributed by atoms with Crippen LogP contribution in [0.2, 0.25) is 0 Å². The van der Waals surface area contributed by atoms with E-state index in [4.69, 9.17) is 5.73 Å². The molecule has 1 heterocycles. The molecule has 0 radical (unpaired) electrons. The third kappa shape index (κ3) is 2.29. The Morgan fingerprint density at radius 2 is 2.36 bits per heavy atom. The molecule has 0 fully saturated rings. The molecule has 1 aromatic heterocycles. The number of thiophene rings is 1. The van der Waals surface area contributed by atoms with Gasteiger partial charge in [0.1, 0.15) is 0 Å². The quantitative estimate of drug-likeness (QED) is 0.854. The van der Waals surface area contributed by atoms with Crippen molar-refractivity contribution in [2.75, 3.05) is 6.54 Å². The van der Waals surface area contributed by atoms with Crippen molar-refractivity contribution in [3.63, 3.8) is 0 Å². The van der Waals surface area contributed by atoms with Crippen molar-refractivity contribution in [1.82, 2.24) is 0 Å². The SMILES string of the molecule is CCC(CN)c1ccc(Br)s1. The summed E-state index contributed by atoms with van der Waals surface area (Å²) >= 11 is 5.22. The highest BCUT2D eigenvalue weighted by Gasteiger charge is 2.08. The van der Waals surface area contributed by atoms with Crippen LogP contribution in [-0.2, 0) is 0 Å². The fourth-order valence-electron chi connectivity index (χ4n) is 1.03. The van der Waals surface area contributed by atoms with E-state index in [0.717, 1.165) is 13.0 Å². The van der Waals surface area contributed by atoms with Gasteiger partial charge in [0.15, 0.2) is 0 Å². The lowest BCUT2D eigenvalue weighted by atomic mass is 10.1. The summed E-state index contributed by atoms with van der Waals surface area (Å²) in [5, 5.41) is 0. The van der Waals surface area contributed by atoms with Crippen LogP contribution in [0.5, 0.6) is 0 Å². The van der Waals surface area contributed by atoms with Crippen molar-refractivity contribution in [3.8, 4) is 0 Å². The van der Waals surface area contributed by atoms with Gasteiger partial charge in [0.2, 0.25) is 0 Å². The third-order valence-electron chi connectivity index (χ3n) is 1.77. The number of nitrogens with two attached hydrogens (primary N) is 1. The second kappa shape index (κ2) is 4.24. The van der Waals surface area contributed by atoms with Crippen molar-refractivity contribution in [2.45, 2.75) is 19.3 Å². The zero-order chi connectivity index (χ0) is 8.27. The van der Waals surface area contributed by atoms with Gasteiger partial charge in [-0.25, -0.2) is 0 Å². The van der Waals surface area contributed by atoms with Crippen LogP contribution in [0.4, 0.5) is 0 Å². The Balaban J connectivity index is 2.73. The van der Waals surface area contributed by atoms with Gasteiger partial charge >= 0.3 is 0 Å². The van der Waals surface area contributed by atoms with Gasteiger partial charge in [-0.1, -0.05) is 6.92 Å². The first-order chi connectivity index (χ1) is 5.27. The zero-order valence-electron chi connectivity index (χ0n) is 6.51. The first kappa shape index (κ1) is 9.23. The minimum absolute atomic E-state index is 0.547. The van der Waals surface area contributed by atoms with Crippen LogP contribution in [0.1, 0.15) is 24.1 Å². The van der Waals surface area contributed by atoms with E-state index in [2.05, 4.69) is 35.0 Å². The molecule has 1 unspecified atom stereocenters. The Kier molecular flexibility index (Phi) is 3.55. The maximum absolute atomic E-state index is 5.62. The molecule has 1 aromatic rings. The monoisotopic (exact) mass is 233 g/mol. The summed E-state index contributed by atoms with van der Waals surface area (Å²) in [6.45, 7) is 2.93. The molecule has 0 amide bonds. The number of rotatable bonds is 3. The average Bonchev–Trinajstić information content (AvgIpc) is 2.39. The Morgan fingerprint density at radius 3 is 2.73 bits per heavy atom. The molecule has 1 nitrogen and oxygen atoms in total.